The zero-order chi connectivity index (χ0) is 20.9. The minimum atomic E-state index is -1.08. The number of alkyl halides is 3. The molecule has 170 valence electrons. The Bertz CT molecular complexity index is 299. The molecule has 0 saturated carbocycles. The largest absolute Gasteiger partial charge is 0.193 e. The van der Waals surface area contributed by atoms with Gasteiger partial charge in [0.2, 0.25) is 0 Å². The van der Waals surface area contributed by atoms with Crippen LogP contribution in [0.2, 0.25) is 0 Å². The molecule has 1 atom stereocenters. The van der Waals surface area contributed by atoms with Gasteiger partial charge in [-0.2, -0.15) is 0 Å². The lowest BCUT2D eigenvalue weighted by Gasteiger charge is -2.24. The van der Waals surface area contributed by atoms with E-state index >= 15 is 0 Å². The lowest BCUT2D eigenvalue weighted by molar-refractivity contribution is 0.407. The van der Waals surface area contributed by atoms with Gasteiger partial charge >= 0.3 is 0 Å². The van der Waals surface area contributed by atoms with Gasteiger partial charge in [0.25, 0.3) is 0 Å². The summed E-state index contributed by atoms with van der Waals surface area (Å²) in [5.41, 5.74) is 0. The van der Waals surface area contributed by atoms with Crippen molar-refractivity contribution in [1.82, 2.24) is 0 Å². The Labute approximate surface area is 192 Å². The monoisotopic (exact) mass is 454 g/mol. The normalized spacial score (nSPS) is 13.2. The maximum absolute atomic E-state index is 6.24. The summed E-state index contributed by atoms with van der Waals surface area (Å²) in [5, 5.41) is 0. The van der Waals surface area contributed by atoms with Gasteiger partial charge in [-0.25, -0.2) is 0 Å². The van der Waals surface area contributed by atoms with E-state index in [9.17, 15) is 0 Å². The van der Waals surface area contributed by atoms with Crippen molar-refractivity contribution in [2.24, 2.45) is 5.92 Å². The van der Waals surface area contributed by atoms with E-state index in [4.69, 9.17) is 34.8 Å². The van der Waals surface area contributed by atoms with Crippen molar-refractivity contribution in [2.75, 3.05) is 0 Å². The molecule has 1 unspecified atom stereocenters. The summed E-state index contributed by atoms with van der Waals surface area (Å²) in [4.78, 5) is 0. The molecule has 0 nitrogen and oxygen atoms in total. The highest BCUT2D eigenvalue weighted by atomic mass is 35.6. The highest BCUT2D eigenvalue weighted by molar-refractivity contribution is 6.67. The van der Waals surface area contributed by atoms with E-state index in [1.165, 1.54) is 122 Å². The van der Waals surface area contributed by atoms with Gasteiger partial charge in [-0.1, -0.05) is 171 Å². The summed E-state index contributed by atoms with van der Waals surface area (Å²) < 4.78 is -1.08. The quantitative estimate of drug-likeness (QED) is 0.119. The van der Waals surface area contributed by atoms with Crippen molar-refractivity contribution in [3.05, 3.63) is 0 Å². The van der Waals surface area contributed by atoms with Gasteiger partial charge in [0.1, 0.15) is 0 Å². The van der Waals surface area contributed by atoms with E-state index in [0.717, 1.165) is 12.8 Å². The van der Waals surface area contributed by atoms with Crippen LogP contribution in [0.5, 0.6) is 0 Å². The second-order valence-corrected chi connectivity index (χ2v) is 11.2. The SMILES string of the molecule is CCCCCCCCCCCCCCCC(CCCCCCCC)C(Cl)(Cl)Cl. The number of hydrogen-bond donors (Lipinski definition) is 0. The van der Waals surface area contributed by atoms with Crippen molar-refractivity contribution in [1.29, 1.82) is 0 Å². The van der Waals surface area contributed by atoms with Crippen LogP contribution in [0.3, 0.4) is 0 Å². The zero-order valence-electron chi connectivity index (χ0n) is 19.1. The summed E-state index contributed by atoms with van der Waals surface area (Å²) in [6.07, 6.45) is 28.0. The Balaban J connectivity index is 3.54. The molecule has 0 aliphatic heterocycles. The van der Waals surface area contributed by atoms with E-state index in [2.05, 4.69) is 13.8 Å². The van der Waals surface area contributed by atoms with Crippen LogP contribution in [0, 0.1) is 5.92 Å². The maximum atomic E-state index is 6.24. The van der Waals surface area contributed by atoms with E-state index in [0.29, 0.717) is 0 Å². The minimum absolute atomic E-state index is 0.233. The first kappa shape index (κ1) is 28.9. The van der Waals surface area contributed by atoms with Gasteiger partial charge in [-0.05, 0) is 12.8 Å². The molecule has 0 bridgehead atoms. The lowest BCUT2D eigenvalue weighted by Crippen LogP contribution is -2.19. The van der Waals surface area contributed by atoms with E-state index < -0.39 is 3.79 Å². The average Bonchev–Trinajstić information content (AvgIpc) is 2.65. The van der Waals surface area contributed by atoms with E-state index in [-0.39, 0.29) is 5.92 Å². The van der Waals surface area contributed by atoms with Gasteiger partial charge in [0.05, 0.1) is 0 Å². The van der Waals surface area contributed by atoms with Gasteiger partial charge < -0.3 is 0 Å². The second-order valence-electron chi connectivity index (χ2n) is 8.83. The molecular weight excluding hydrogens is 407 g/mol. The molecule has 0 aromatic rings. The van der Waals surface area contributed by atoms with Crippen LogP contribution < -0.4 is 0 Å². The minimum Gasteiger partial charge on any atom is -0.0834 e. The molecule has 0 radical (unpaired) electrons. The highest BCUT2D eigenvalue weighted by Gasteiger charge is 2.31. The molecule has 0 amide bonds. The van der Waals surface area contributed by atoms with E-state index in [1.807, 2.05) is 0 Å². The van der Waals surface area contributed by atoms with Crippen molar-refractivity contribution < 1.29 is 0 Å². The van der Waals surface area contributed by atoms with Crippen LogP contribution in [0.1, 0.15) is 149 Å². The van der Waals surface area contributed by atoms with Crippen LogP contribution in [0.15, 0.2) is 0 Å². The average molecular weight is 456 g/mol. The molecule has 0 aliphatic carbocycles. The first-order chi connectivity index (χ1) is 13.5. The summed E-state index contributed by atoms with van der Waals surface area (Å²) in [6, 6.07) is 0. The fourth-order valence-corrected chi connectivity index (χ4v) is 4.71. The summed E-state index contributed by atoms with van der Waals surface area (Å²) in [7, 11) is 0. The molecule has 0 heterocycles. The Morgan fingerprint density at radius 1 is 0.429 bits per heavy atom. The molecule has 3 heteroatoms. The first-order valence-corrected chi connectivity index (χ1v) is 13.7. The van der Waals surface area contributed by atoms with Crippen LogP contribution >= 0.6 is 34.8 Å². The highest BCUT2D eigenvalue weighted by Crippen LogP contribution is 2.41. The van der Waals surface area contributed by atoms with Crippen LogP contribution in [-0.2, 0) is 0 Å². The number of rotatable bonds is 21. The Morgan fingerprint density at radius 2 is 0.679 bits per heavy atom. The third-order valence-electron chi connectivity index (χ3n) is 6.03. The predicted octanol–water partition coefficient (Wildman–Crippen LogP) is 11.2. The molecule has 28 heavy (non-hydrogen) atoms. The topological polar surface area (TPSA) is 0 Å². The van der Waals surface area contributed by atoms with Gasteiger partial charge in [-0.15, -0.1) is 0 Å². The van der Waals surface area contributed by atoms with E-state index in [1.54, 1.807) is 0 Å². The molecular formula is C25H49Cl3. The van der Waals surface area contributed by atoms with Gasteiger partial charge in [-0.3, -0.25) is 0 Å². The lowest BCUT2D eigenvalue weighted by atomic mass is 9.95. The smallest absolute Gasteiger partial charge is 0.0834 e. The molecule has 0 aromatic heterocycles. The molecule has 0 N–H and O–H groups in total. The molecule has 0 rings (SSSR count). The van der Waals surface area contributed by atoms with Crippen LogP contribution in [0.25, 0.3) is 0 Å². The molecule has 0 spiro atoms. The molecule has 0 saturated heterocycles. The standard InChI is InChI=1S/C25H49Cl3/c1-3-5-7-9-11-12-13-14-15-16-17-19-21-23-24(25(26,27)28)22-20-18-10-8-6-4-2/h24H,3-23H2,1-2H3. The fourth-order valence-electron chi connectivity index (χ4n) is 4.05. The third kappa shape index (κ3) is 20.2. The Hall–Kier alpha value is 0.870. The second kappa shape index (κ2) is 21.1. The summed E-state index contributed by atoms with van der Waals surface area (Å²) >= 11 is 18.7. The van der Waals surface area contributed by atoms with Crippen molar-refractivity contribution in [3.8, 4) is 0 Å². The van der Waals surface area contributed by atoms with Gasteiger partial charge in [0.15, 0.2) is 3.79 Å². The molecule has 0 fully saturated rings. The predicted molar refractivity (Wildman–Crippen MR) is 132 cm³/mol. The van der Waals surface area contributed by atoms with Crippen LogP contribution in [0.4, 0.5) is 0 Å². The first-order valence-electron chi connectivity index (χ1n) is 12.6. The summed E-state index contributed by atoms with van der Waals surface area (Å²) in [6.45, 7) is 4.54. The zero-order valence-corrected chi connectivity index (χ0v) is 21.3. The third-order valence-corrected chi connectivity index (χ3v) is 6.95. The van der Waals surface area contributed by atoms with Crippen molar-refractivity contribution in [2.45, 2.75) is 152 Å². The van der Waals surface area contributed by atoms with Crippen LogP contribution in [-0.4, -0.2) is 3.79 Å². The summed E-state index contributed by atoms with van der Waals surface area (Å²) in [5.74, 6) is 0.233. The van der Waals surface area contributed by atoms with Crippen molar-refractivity contribution in [3.63, 3.8) is 0 Å². The fraction of sp³-hybridized carbons (Fsp3) is 1.00. The Morgan fingerprint density at radius 3 is 0.929 bits per heavy atom. The molecule has 0 aromatic carbocycles. The number of unbranched alkanes of at least 4 members (excludes halogenated alkanes) is 17. The number of hydrogen-bond acceptors (Lipinski definition) is 0. The van der Waals surface area contributed by atoms with Crippen molar-refractivity contribution >= 4 is 34.8 Å². The number of halogens is 3. The van der Waals surface area contributed by atoms with Gasteiger partial charge in [0, 0.05) is 5.92 Å². The maximum Gasteiger partial charge on any atom is 0.193 e. The molecule has 0 aliphatic rings. The Kier molecular flexibility index (Phi) is 21.8.